The van der Waals surface area contributed by atoms with Crippen molar-refractivity contribution in [2.75, 3.05) is 6.54 Å². The molecule has 9 heteroatoms. The van der Waals surface area contributed by atoms with Crippen LogP contribution in [0, 0.1) is 15.9 Å². The van der Waals surface area contributed by atoms with Crippen LogP contribution < -0.4 is 4.72 Å². The number of nitro benzene ring substituents is 1. The molecule has 1 aromatic carbocycles. The second kappa shape index (κ2) is 5.08. The molecule has 0 aliphatic heterocycles. The first-order valence-electron chi connectivity index (χ1n) is 5.90. The number of sulfonamides is 1. The highest BCUT2D eigenvalue weighted by atomic mass is 32.2. The van der Waals surface area contributed by atoms with E-state index in [2.05, 4.69) is 4.72 Å². The van der Waals surface area contributed by atoms with E-state index in [1.807, 2.05) is 0 Å². The molecule has 1 fully saturated rings. The summed E-state index contributed by atoms with van der Waals surface area (Å²) in [5.74, 6) is -1.11. The van der Waals surface area contributed by atoms with Gasteiger partial charge in [-0.3, -0.25) is 10.1 Å². The van der Waals surface area contributed by atoms with Gasteiger partial charge < -0.3 is 5.11 Å². The summed E-state index contributed by atoms with van der Waals surface area (Å²) < 4.78 is 39.2. The summed E-state index contributed by atoms with van der Waals surface area (Å²) in [5.41, 5.74) is -1.96. The van der Waals surface area contributed by atoms with Crippen LogP contribution in [0.25, 0.3) is 0 Å². The maximum Gasteiger partial charge on any atom is 0.306 e. The Labute approximate surface area is 114 Å². The predicted octanol–water partition coefficient (Wildman–Crippen LogP) is 0.927. The summed E-state index contributed by atoms with van der Waals surface area (Å²) in [5, 5.41) is 20.4. The molecule has 0 bridgehead atoms. The predicted molar refractivity (Wildman–Crippen MR) is 67.0 cm³/mol. The number of nitrogens with one attached hydrogen (secondary N) is 1. The summed E-state index contributed by atoms with van der Waals surface area (Å²) in [6.07, 6.45) is 1.82. The molecule has 0 atom stereocenters. The van der Waals surface area contributed by atoms with Gasteiger partial charge in [0.1, 0.15) is 0 Å². The normalized spacial score (nSPS) is 17.5. The molecule has 7 nitrogen and oxygen atoms in total. The number of nitro groups is 1. The lowest BCUT2D eigenvalue weighted by Crippen LogP contribution is -2.47. The van der Waals surface area contributed by atoms with Crippen LogP contribution >= 0.6 is 0 Å². The molecule has 1 aromatic rings. The zero-order chi connectivity index (χ0) is 15.0. The maximum atomic E-state index is 13.2. The van der Waals surface area contributed by atoms with Gasteiger partial charge in [-0.1, -0.05) is 0 Å². The minimum absolute atomic E-state index is 0.166. The van der Waals surface area contributed by atoms with Crippen molar-refractivity contribution in [1.29, 1.82) is 0 Å². The van der Waals surface area contributed by atoms with Gasteiger partial charge in [-0.2, -0.15) is 4.39 Å². The number of hydrogen-bond acceptors (Lipinski definition) is 5. The van der Waals surface area contributed by atoms with E-state index >= 15 is 0 Å². The van der Waals surface area contributed by atoms with Gasteiger partial charge in [-0.05, 0) is 31.4 Å². The molecule has 110 valence electrons. The van der Waals surface area contributed by atoms with E-state index in [-0.39, 0.29) is 6.54 Å². The minimum atomic E-state index is -4.02. The molecule has 0 unspecified atom stereocenters. The Morgan fingerprint density at radius 2 is 2.10 bits per heavy atom. The summed E-state index contributed by atoms with van der Waals surface area (Å²) in [6, 6.07) is 2.32. The molecule has 0 amide bonds. The highest BCUT2D eigenvalue weighted by Gasteiger charge is 2.35. The summed E-state index contributed by atoms with van der Waals surface area (Å²) in [4.78, 5) is 9.18. The molecule has 0 radical (unpaired) electrons. The smallest absolute Gasteiger partial charge is 0.306 e. The molecule has 0 aromatic heterocycles. The first-order valence-corrected chi connectivity index (χ1v) is 7.38. The Hall–Kier alpha value is -1.58. The fraction of sp³-hybridized carbons (Fsp3) is 0.455. The largest absolute Gasteiger partial charge is 0.389 e. The number of nitrogens with zero attached hydrogens (tertiary/aromatic N) is 1. The van der Waals surface area contributed by atoms with E-state index in [0.717, 1.165) is 18.6 Å². The number of benzene rings is 1. The van der Waals surface area contributed by atoms with Gasteiger partial charge in [0.25, 0.3) is 0 Å². The van der Waals surface area contributed by atoms with E-state index in [4.69, 9.17) is 0 Å². The lowest BCUT2D eigenvalue weighted by atomic mass is 9.81. The Bertz CT molecular complexity index is 642. The van der Waals surface area contributed by atoms with Crippen molar-refractivity contribution in [2.24, 2.45) is 0 Å². The van der Waals surface area contributed by atoms with Crippen molar-refractivity contribution in [1.82, 2.24) is 4.72 Å². The summed E-state index contributed by atoms with van der Waals surface area (Å²) in [6.45, 7) is -0.166. The quantitative estimate of drug-likeness (QED) is 0.621. The molecule has 1 aliphatic carbocycles. The maximum absolute atomic E-state index is 13.2. The van der Waals surface area contributed by atoms with Crippen molar-refractivity contribution in [3.63, 3.8) is 0 Å². The third-order valence-corrected chi connectivity index (χ3v) is 4.70. The van der Waals surface area contributed by atoms with Crippen molar-refractivity contribution in [3.8, 4) is 0 Å². The summed E-state index contributed by atoms with van der Waals surface area (Å²) >= 11 is 0. The zero-order valence-electron chi connectivity index (χ0n) is 10.4. The van der Waals surface area contributed by atoms with Crippen molar-refractivity contribution >= 4 is 15.7 Å². The van der Waals surface area contributed by atoms with Crippen molar-refractivity contribution in [2.45, 2.75) is 29.8 Å². The molecule has 1 aliphatic rings. The first-order chi connectivity index (χ1) is 9.23. The fourth-order valence-corrected chi connectivity index (χ4v) is 3.01. The molecule has 0 spiro atoms. The average Bonchev–Trinajstić information content (AvgIpc) is 2.34. The average molecular weight is 304 g/mol. The SMILES string of the molecule is O=[N+]([O-])c1cc(S(=O)(=O)NCC2(O)CCC2)ccc1F. The van der Waals surface area contributed by atoms with E-state index in [9.17, 15) is 28.0 Å². The topological polar surface area (TPSA) is 110 Å². The van der Waals surface area contributed by atoms with Crippen LogP contribution in [0.3, 0.4) is 0 Å². The van der Waals surface area contributed by atoms with Crippen LogP contribution in [-0.4, -0.2) is 30.6 Å². The third kappa shape index (κ3) is 2.94. The molecule has 0 heterocycles. The zero-order valence-corrected chi connectivity index (χ0v) is 11.2. The summed E-state index contributed by atoms with van der Waals surface area (Å²) in [7, 11) is -4.02. The van der Waals surface area contributed by atoms with Crippen LogP contribution in [0.4, 0.5) is 10.1 Å². The van der Waals surface area contributed by atoms with Gasteiger partial charge in [-0.15, -0.1) is 0 Å². The third-order valence-electron chi connectivity index (χ3n) is 3.30. The highest BCUT2D eigenvalue weighted by Crippen LogP contribution is 2.31. The van der Waals surface area contributed by atoms with Crippen LogP contribution in [0.15, 0.2) is 23.1 Å². The molecule has 2 N–H and O–H groups in total. The molecule has 2 rings (SSSR count). The van der Waals surface area contributed by atoms with Gasteiger partial charge in [0.2, 0.25) is 15.8 Å². The lowest BCUT2D eigenvalue weighted by molar-refractivity contribution is -0.387. The number of rotatable bonds is 5. The minimum Gasteiger partial charge on any atom is -0.389 e. The van der Waals surface area contributed by atoms with Crippen LogP contribution in [0.5, 0.6) is 0 Å². The van der Waals surface area contributed by atoms with Gasteiger partial charge in [0.15, 0.2) is 0 Å². The van der Waals surface area contributed by atoms with E-state index in [1.165, 1.54) is 0 Å². The number of aliphatic hydroxyl groups is 1. The molecule has 20 heavy (non-hydrogen) atoms. The first kappa shape index (κ1) is 14.8. The molecular weight excluding hydrogens is 291 g/mol. The number of halogens is 1. The van der Waals surface area contributed by atoms with Crippen molar-refractivity contribution in [3.05, 3.63) is 34.1 Å². The second-order valence-electron chi connectivity index (χ2n) is 4.77. The van der Waals surface area contributed by atoms with Crippen LogP contribution in [-0.2, 0) is 10.0 Å². The van der Waals surface area contributed by atoms with Crippen LogP contribution in [0.2, 0.25) is 0 Å². The lowest BCUT2D eigenvalue weighted by Gasteiger charge is -2.36. The van der Waals surface area contributed by atoms with Gasteiger partial charge in [-0.25, -0.2) is 13.1 Å². The Kier molecular flexibility index (Phi) is 3.76. The molecular formula is C11H13FN2O5S. The fourth-order valence-electron chi connectivity index (χ4n) is 1.87. The van der Waals surface area contributed by atoms with E-state index in [1.54, 1.807) is 0 Å². The standard InChI is InChI=1S/C11H13FN2O5S/c12-9-3-2-8(6-10(9)14(16)17)20(18,19)13-7-11(15)4-1-5-11/h2-3,6,13,15H,1,4-5,7H2. The Balaban J connectivity index is 2.21. The van der Waals surface area contributed by atoms with Gasteiger partial charge in [0.05, 0.1) is 15.4 Å². The monoisotopic (exact) mass is 304 g/mol. The van der Waals surface area contributed by atoms with E-state index < -0.39 is 36.9 Å². The molecule has 0 saturated heterocycles. The Morgan fingerprint density at radius 3 is 2.60 bits per heavy atom. The number of hydrogen-bond donors (Lipinski definition) is 2. The van der Waals surface area contributed by atoms with Crippen LogP contribution in [0.1, 0.15) is 19.3 Å². The van der Waals surface area contributed by atoms with E-state index in [0.29, 0.717) is 18.9 Å². The van der Waals surface area contributed by atoms with Gasteiger partial charge >= 0.3 is 5.69 Å². The second-order valence-corrected chi connectivity index (χ2v) is 6.54. The van der Waals surface area contributed by atoms with Gasteiger partial charge in [0, 0.05) is 12.6 Å². The Morgan fingerprint density at radius 1 is 1.45 bits per heavy atom. The molecule has 1 saturated carbocycles. The van der Waals surface area contributed by atoms with Crippen molar-refractivity contribution < 1.29 is 22.8 Å². The highest BCUT2D eigenvalue weighted by molar-refractivity contribution is 7.89.